The highest BCUT2D eigenvalue weighted by atomic mass is 16.6. The molecule has 32 heavy (non-hydrogen) atoms. The minimum atomic E-state index is 0.572. The molecule has 0 atom stereocenters. The molecule has 0 amide bonds. The van der Waals surface area contributed by atoms with Gasteiger partial charge in [-0.25, -0.2) is 0 Å². The van der Waals surface area contributed by atoms with E-state index in [1.165, 1.54) is 22.5 Å². The Morgan fingerprint density at radius 1 is 0.469 bits per heavy atom. The quantitative estimate of drug-likeness (QED) is 0.344. The van der Waals surface area contributed by atoms with Gasteiger partial charge < -0.3 is 28.7 Å². The Labute approximate surface area is 194 Å². The van der Waals surface area contributed by atoms with Crippen molar-refractivity contribution in [1.82, 2.24) is 0 Å². The summed E-state index contributed by atoms with van der Waals surface area (Å²) in [6.07, 6.45) is 0. The number of aryl methyl sites for hydroxylation is 2. The van der Waals surface area contributed by atoms with Crippen LogP contribution < -0.4 is 9.80 Å². The van der Waals surface area contributed by atoms with Crippen LogP contribution in [0.2, 0.25) is 0 Å². The highest BCUT2D eigenvalue weighted by Crippen LogP contribution is 2.13. The van der Waals surface area contributed by atoms with E-state index in [1.807, 2.05) is 0 Å². The van der Waals surface area contributed by atoms with Gasteiger partial charge in [0.1, 0.15) is 0 Å². The first kappa shape index (κ1) is 26.1. The molecular formula is C26H40N2O4. The molecule has 0 saturated carbocycles. The van der Waals surface area contributed by atoms with Crippen molar-refractivity contribution in [2.45, 2.75) is 13.8 Å². The average molecular weight is 445 g/mol. The van der Waals surface area contributed by atoms with E-state index >= 15 is 0 Å². The molecule has 6 heteroatoms. The molecule has 0 fully saturated rings. The minimum Gasteiger partial charge on any atom is -0.377 e. The molecule has 0 radical (unpaired) electrons. The molecule has 0 aliphatic rings. The van der Waals surface area contributed by atoms with E-state index in [4.69, 9.17) is 18.9 Å². The van der Waals surface area contributed by atoms with Gasteiger partial charge in [-0.05, 0) is 38.1 Å². The largest absolute Gasteiger partial charge is 0.377 e. The van der Waals surface area contributed by atoms with Gasteiger partial charge in [0.05, 0.1) is 52.9 Å². The smallest absolute Gasteiger partial charge is 0.0701 e. The predicted molar refractivity (Wildman–Crippen MR) is 132 cm³/mol. The number of likely N-dealkylation sites (N-methyl/N-ethyl adjacent to an activating group) is 2. The van der Waals surface area contributed by atoms with Crippen molar-refractivity contribution in [2.24, 2.45) is 0 Å². The zero-order chi connectivity index (χ0) is 23.0. The van der Waals surface area contributed by atoms with E-state index < -0.39 is 0 Å². The van der Waals surface area contributed by atoms with E-state index in [9.17, 15) is 0 Å². The van der Waals surface area contributed by atoms with Gasteiger partial charge in [0.15, 0.2) is 0 Å². The standard InChI is InChI=1S/C26H40N2O4/c1-23-5-9-25(10-6-23)27(3)13-15-29-17-19-31-21-22-32-20-18-30-16-14-28(4)26-11-7-24(2)8-12-26/h5-12H,13-22H2,1-4H3. The molecule has 0 heterocycles. The molecule has 0 N–H and O–H groups in total. The second-order valence-electron chi connectivity index (χ2n) is 7.96. The molecule has 0 aromatic heterocycles. The van der Waals surface area contributed by atoms with Crippen molar-refractivity contribution in [3.8, 4) is 0 Å². The summed E-state index contributed by atoms with van der Waals surface area (Å²) in [5, 5.41) is 0. The zero-order valence-electron chi connectivity index (χ0n) is 20.2. The Kier molecular flexibility index (Phi) is 12.8. The van der Waals surface area contributed by atoms with E-state index in [2.05, 4.69) is 86.3 Å². The van der Waals surface area contributed by atoms with Crippen LogP contribution in [0, 0.1) is 13.8 Å². The number of rotatable bonds is 17. The highest BCUT2D eigenvalue weighted by Gasteiger charge is 2.01. The van der Waals surface area contributed by atoms with Gasteiger partial charge >= 0.3 is 0 Å². The van der Waals surface area contributed by atoms with Crippen LogP contribution in [-0.4, -0.2) is 80.0 Å². The Morgan fingerprint density at radius 2 is 0.750 bits per heavy atom. The topological polar surface area (TPSA) is 43.4 Å². The molecular weight excluding hydrogens is 404 g/mol. The third kappa shape index (κ3) is 11.0. The molecule has 2 aromatic rings. The predicted octanol–water partition coefficient (Wildman–Crippen LogP) is 3.94. The molecule has 0 saturated heterocycles. The van der Waals surface area contributed by atoms with E-state index in [0.717, 1.165) is 13.1 Å². The molecule has 2 rings (SSSR count). The molecule has 0 unspecified atom stereocenters. The highest BCUT2D eigenvalue weighted by molar-refractivity contribution is 5.47. The molecule has 0 aliphatic heterocycles. The summed E-state index contributed by atoms with van der Waals surface area (Å²) >= 11 is 0. The van der Waals surface area contributed by atoms with E-state index in [-0.39, 0.29) is 0 Å². The molecule has 178 valence electrons. The zero-order valence-corrected chi connectivity index (χ0v) is 20.2. The van der Waals surface area contributed by atoms with Gasteiger partial charge in [0.2, 0.25) is 0 Å². The minimum absolute atomic E-state index is 0.572. The first-order valence-electron chi connectivity index (χ1n) is 11.4. The lowest BCUT2D eigenvalue weighted by molar-refractivity contribution is -0.000255. The van der Waals surface area contributed by atoms with Gasteiger partial charge in [0, 0.05) is 38.6 Å². The first-order valence-corrected chi connectivity index (χ1v) is 11.4. The third-order valence-electron chi connectivity index (χ3n) is 5.21. The van der Waals surface area contributed by atoms with Gasteiger partial charge in [-0.15, -0.1) is 0 Å². The maximum absolute atomic E-state index is 5.65. The normalized spacial score (nSPS) is 11.0. The summed E-state index contributed by atoms with van der Waals surface area (Å²) in [7, 11) is 4.15. The lowest BCUT2D eigenvalue weighted by Crippen LogP contribution is -2.23. The molecule has 0 bridgehead atoms. The Hall–Kier alpha value is -2.12. The van der Waals surface area contributed by atoms with Crippen LogP contribution in [0.1, 0.15) is 11.1 Å². The number of hydrogen-bond donors (Lipinski definition) is 0. The van der Waals surface area contributed by atoms with Crippen molar-refractivity contribution in [1.29, 1.82) is 0 Å². The van der Waals surface area contributed by atoms with Crippen LogP contribution in [0.3, 0.4) is 0 Å². The van der Waals surface area contributed by atoms with Crippen molar-refractivity contribution < 1.29 is 18.9 Å². The second-order valence-corrected chi connectivity index (χ2v) is 7.96. The van der Waals surface area contributed by atoms with Crippen molar-refractivity contribution in [2.75, 3.05) is 89.8 Å². The molecule has 0 spiro atoms. The summed E-state index contributed by atoms with van der Waals surface area (Å²) in [5.41, 5.74) is 4.95. The lowest BCUT2D eigenvalue weighted by Gasteiger charge is -2.19. The Bertz CT molecular complexity index is 658. The van der Waals surface area contributed by atoms with Crippen LogP contribution in [-0.2, 0) is 18.9 Å². The fourth-order valence-corrected chi connectivity index (χ4v) is 3.02. The maximum Gasteiger partial charge on any atom is 0.0701 e. The van der Waals surface area contributed by atoms with E-state index in [1.54, 1.807) is 0 Å². The summed E-state index contributed by atoms with van der Waals surface area (Å²) < 4.78 is 22.4. The van der Waals surface area contributed by atoms with Crippen LogP contribution in [0.25, 0.3) is 0 Å². The number of benzene rings is 2. The monoisotopic (exact) mass is 444 g/mol. The lowest BCUT2D eigenvalue weighted by atomic mass is 10.2. The first-order chi connectivity index (χ1) is 15.6. The van der Waals surface area contributed by atoms with E-state index in [0.29, 0.717) is 52.9 Å². The third-order valence-corrected chi connectivity index (χ3v) is 5.21. The van der Waals surface area contributed by atoms with Crippen molar-refractivity contribution >= 4 is 11.4 Å². The second kappa shape index (κ2) is 15.6. The number of hydrogen-bond acceptors (Lipinski definition) is 6. The summed E-state index contributed by atoms with van der Waals surface area (Å²) in [5.74, 6) is 0. The SMILES string of the molecule is Cc1ccc(N(C)CCOCCOCCOCCOCCN(C)c2ccc(C)cc2)cc1. The van der Waals surface area contributed by atoms with Gasteiger partial charge in [-0.3, -0.25) is 0 Å². The van der Waals surface area contributed by atoms with Crippen LogP contribution in [0.15, 0.2) is 48.5 Å². The molecule has 2 aromatic carbocycles. The molecule has 6 nitrogen and oxygen atoms in total. The van der Waals surface area contributed by atoms with Crippen molar-refractivity contribution in [3.05, 3.63) is 59.7 Å². The van der Waals surface area contributed by atoms with Crippen molar-refractivity contribution in [3.63, 3.8) is 0 Å². The summed E-state index contributed by atoms with van der Waals surface area (Å²) in [6, 6.07) is 17.0. The van der Waals surface area contributed by atoms with Gasteiger partial charge in [0.25, 0.3) is 0 Å². The maximum atomic E-state index is 5.65. The molecule has 0 aliphatic carbocycles. The van der Waals surface area contributed by atoms with Crippen LogP contribution >= 0.6 is 0 Å². The van der Waals surface area contributed by atoms with Crippen LogP contribution in [0.5, 0.6) is 0 Å². The van der Waals surface area contributed by atoms with Crippen LogP contribution in [0.4, 0.5) is 11.4 Å². The fourth-order valence-electron chi connectivity index (χ4n) is 3.02. The fraction of sp³-hybridized carbons (Fsp3) is 0.538. The number of ether oxygens (including phenoxy) is 4. The average Bonchev–Trinajstić information content (AvgIpc) is 2.80. The number of anilines is 2. The van der Waals surface area contributed by atoms with Gasteiger partial charge in [-0.2, -0.15) is 0 Å². The van der Waals surface area contributed by atoms with Gasteiger partial charge in [-0.1, -0.05) is 35.4 Å². The Morgan fingerprint density at radius 3 is 1.06 bits per heavy atom. The number of nitrogens with zero attached hydrogens (tertiary/aromatic N) is 2. The summed E-state index contributed by atoms with van der Waals surface area (Å²) in [4.78, 5) is 4.38. The summed E-state index contributed by atoms with van der Waals surface area (Å²) in [6.45, 7) is 10.8. The Balaban J connectivity index is 1.34.